The van der Waals surface area contributed by atoms with Crippen LogP contribution >= 0.6 is 0 Å². The molecule has 1 aliphatic heterocycles. The van der Waals surface area contributed by atoms with Gasteiger partial charge in [0.2, 0.25) is 0 Å². The number of halogens is 6. The number of carbonyl (C=O) groups excluding carboxylic acids is 1. The van der Waals surface area contributed by atoms with Gasteiger partial charge in [-0.3, -0.25) is 14.5 Å². The van der Waals surface area contributed by atoms with Crippen molar-refractivity contribution < 1.29 is 53.6 Å². The van der Waals surface area contributed by atoms with E-state index in [-0.39, 0.29) is 10.5 Å². The van der Waals surface area contributed by atoms with E-state index in [1.807, 2.05) is 0 Å². The highest BCUT2D eigenvalue weighted by Gasteiger charge is 2.50. The van der Waals surface area contributed by atoms with Gasteiger partial charge in [-0.15, -0.1) is 0 Å². The molecule has 0 aliphatic carbocycles. The lowest BCUT2D eigenvalue weighted by Crippen LogP contribution is -2.48. The molecular formula is C15H11F6NO6S. The molecule has 1 amide bonds. The van der Waals surface area contributed by atoms with Crippen LogP contribution in [0, 0.1) is 0 Å². The fraction of sp³-hybridized carbons (Fsp3) is 0.333. The van der Waals surface area contributed by atoms with Crippen molar-refractivity contribution in [3.05, 3.63) is 35.6 Å². The zero-order valence-electron chi connectivity index (χ0n) is 14.0. The summed E-state index contributed by atoms with van der Waals surface area (Å²) in [5.74, 6) is -5.12. The quantitative estimate of drug-likeness (QED) is 0.433. The lowest BCUT2D eigenvalue weighted by Gasteiger charge is -2.31. The number of carbonyl (C=O) groups is 2. The van der Waals surface area contributed by atoms with Crippen LogP contribution in [0.25, 0.3) is 6.08 Å². The summed E-state index contributed by atoms with van der Waals surface area (Å²) in [5, 5.41) is 8.98. The number of rotatable bonds is 4. The fourth-order valence-electron chi connectivity index (χ4n) is 2.60. The Morgan fingerprint density at radius 2 is 1.72 bits per heavy atom. The third kappa shape index (κ3) is 4.99. The van der Waals surface area contributed by atoms with Gasteiger partial charge in [-0.2, -0.15) is 34.8 Å². The Kier molecular flexibility index (Phi) is 5.88. The third-order valence-corrected chi connectivity index (χ3v) is 4.69. The summed E-state index contributed by atoms with van der Waals surface area (Å²) in [5.41, 5.74) is -6.57. The Labute approximate surface area is 159 Å². The largest absolute Gasteiger partial charge is 0.534 e. The first kappa shape index (κ1) is 22.5. The van der Waals surface area contributed by atoms with Crippen LogP contribution < -0.4 is 4.90 Å². The summed E-state index contributed by atoms with van der Waals surface area (Å²) in [6.07, 6.45) is -6.88. The second kappa shape index (κ2) is 7.57. The summed E-state index contributed by atoms with van der Waals surface area (Å²) >= 11 is 0. The highest BCUT2D eigenvalue weighted by Crippen LogP contribution is 2.37. The number of anilines is 1. The molecule has 0 spiro atoms. The van der Waals surface area contributed by atoms with Gasteiger partial charge in [0.15, 0.2) is 0 Å². The molecule has 0 radical (unpaired) electrons. The predicted octanol–water partition coefficient (Wildman–Crippen LogP) is 3.04. The number of carboxylic acid groups (broad SMARTS) is 1. The van der Waals surface area contributed by atoms with Gasteiger partial charge in [0.1, 0.15) is 5.76 Å². The Bertz CT molecular complexity index is 953. The minimum atomic E-state index is -6.18. The highest BCUT2D eigenvalue weighted by atomic mass is 32.2. The van der Waals surface area contributed by atoms with Crippen LogP contribution in [0.3, 0.4) is 0 Å². The minimum Gasteiger partial charge on any atom is -0.481 e. The zero-order chi connectivity index (χ0) is 22.2. The lowest BCUT2D eigenvalue weighted by atomic mass is 10.1. The van der Waals surface area contributed by atoms with Gasteiger partial charge in [0.25, 0.3) is 0 Å². The monoisotopic (exact) mass is 447 g/mol. The van der Waals surface area contributed by atoms with Crippen molar-refractivity contribution in [1.29, 1.82) is 0 Å². The van der Waals surface area contributed by atoms with E-state index in [1.54, 1.807) is 0 Å². The number of nitrogens with zero attached hydrogens (tertiary/aromatic N) is 1. The Morgan fingerprint density at radius 3 is 2.24 bits per heavy atom. The number of hydrogen-bond donors (Lipinski definition) is 1. The van der Waals surface area contributed by atoms with Gasteiger partial charge in [-0.05, 0) is 12.1 Å². The average Bonchev–Trinajstić information content (AvgIpc) is 2.67. The van der Waals surface area contributed by atoms with Gasteiger partial charge in [0, 0.05) is 12.0 Å². The normalized spacial score (nSPS) is 17.8. The minimum absolute atomic E-state index is 0.0660. The van der Waals surface area contributed by atoms with E-state index in [2.05, 4.69) is 4.18 Å². The predicted molar refractivity (Wildman–Crippen MR) is 84.7 cm³/mol. The molecule has 14 heteroatoms. The first-order valence-corrected chi connectivity index (χ1v) is 8.97. The van der Waals surface area contributed by atoms with Crippen LogP contribution in [0.1, 0.15) is 18.4 Å². The van der Waals surface area contributed by atoms with Crippen LogP contribution in [0.15, 0.2) is 30.0 Å². The topological polar surface area (TPSA) is 101 Å². The third-order valence-electron chi connectivity index (χ3n) is 3.69. The van der Waals surface area contributed by atoms with Gasteiger partial charge in [-0.1, -0.05) is 18.2 Å². The molecule has 1 N–H and O–H groups in total. The Balaban J connectivity index is 2.62. The molecule has 1 atom stereocenters. The molecule has 0 saturated carbocycles. The van der Waals surface area contributed by atoms with Crippen LogP contribution in [0.5, 0.6) is 0 Å². The Hall–Kier alpha value is -2.77. The summed E-state index contributed by atoms with van der Waals surface area (Å²) in [6, 6.07) is 2.70. The first-order chi connectivity index (χ1) is 13.1. The molecule has 160 valence electrons. The van der Waals surface area contributed by atoms with E-state index in [0.717, 1.165) is 12.1 Å². The van der Waals surface area contributed by atoms with Gasteiger partial charge >= 0.3 is 33.7 Å². The standard InChI is InChI=1S/C15H11F6NO6S/c16-14(17,18)13(25)22-9(7-12(23)24)6-10(28-29(26,27)15(19,20)21)5-8-3-1-2-4-11(8)22/h1-5,9H,6-7H2,(H,23,24). The molecular weight excluding hydrogens is 436 g/mol. The van der Waals surface area contributed by atoms with Crippen molar-refractivity contribution in [2.24, 2.45) is 0 Å². The van der Waals surface area contributed by atoms with E-state index in [9.17, 15) is 44.3 Å². The molecule has 1 unspecified atom stereocenters. The van der Waals surface area contributed by atoms with Gasteiger partial charge in [0.05, 0.1) is 18.2 Å². The molecule has 0 saturated heterocycles. The highest BCUT2D eigenvalue weighted by molar-refractivity contribution is 7.87. The maximum atomic E-state index is 13.1. The summed E-state index contributed by atoms with van der Waals surface area (Å²) < 4.78 is 104. The first-order valence-electron chi connectivity index (χ1n) is 7.56. The molecule has 2 rings (SSSR count). The van der Waals surface area contributed by atoms with E-state index in [0.29, 0.717) is 6.08 Å². The molecule has 0 fully saturated rings. The fourth-order valence-corrected chi connectivity index (χ4v) is 3.10. The summed E-state index contributed by atoms with van der Waals surface area (Å²) in [4.78, 5) is 23.1. The number of amides is 1. The Morgan fingerprint density at radius 1 is 1.14 bits per heavy atom. The van der Waals surface area contributed by atoms with E-state index >= 15 is 0 Å². The van der Waals surface area contributed by atoms with Crippen molar-refractivity contribution in [2.75, 3.05) is 4.90 Å². The van der Waals surface area contributed by atoms with Crippen molar-refractivity contribution in [2.45, 2.75) is 30.6 Å². The molecule has 1 aliphatic rings. The maximum Gasteiger partial charge on any atom is 0.534 e. The van der Waals surface area contributed by atoms with Crippen LogP contribution in [-0.2, 0) is 23.9 Å². The average molecular weight is 447 g/mol. The van der Waals surface area contributed by atoms with Crippen LogP contribution in [0.2, 0.25) is 0 Å². The summed E-state index contributed by atoms with van der Waals surface area (Å²) in [7, 11) is -6.18. The second-order valence-electron chi connectivity index (χ2n) is 5.78. The van der Waals surface area contributed by atoms with Crippen LogP contribution in [0.4, 0.5) is 32.0 Å². The molecule has 7 nitrogen and oxygen atoms in total. The lowest BCUT2D eigenvalue weighted by molar-refractivity contribution is -0.171. The number of aliphatic carboxylic acids is 1. The SMILES string of the molecule is O=C(O)CC1CC(OS(=O)(=O)C(F)(F)F)=Cc2ccccc2N1C(=O)C(F)(F)F. The van der Waals surface area contributed by atoms with E-state index in [1.165, 1.54) is 12.1 Å². The molecule has 1 aromatic rings. The number of benzene rings is 1. The number of fused-ring (bicyclic) bond motifs is 1. The maximum absolute atomic E-state index is 13.1. The van der Waals surface area contributed by atoms with Crippen LogP contribution in [-0.4, -0.2) is 43.1 Å². The van der Waals surface area contributed by atoms with Crippen molar-refractivity contribution >= 4 is 33.8 Å². The number of para-hydroxylation sites is 1. The van der Waals surface area contributed by atoms with E-state index < -0.39 is 64.0 Å². The van der Waals surface area contributed by atoms with Crippen molar-refractivity contribution in [1.82, 2.24) is 0 Å². The molecule has 29 heavy (non-hydrogen) atoms. The van der Waals surface area contributed by atoms with Gasteiger partial charge in [-0.25, -0.2) is 0 Å². The molecule has 0 aromatic heterocycles. The summed E-state index contributed by atoms with van der Waals surface area (Å²) in [6.45, 7) is 0. The number of hydrogen-bond acceptors (Lipinski definition) is 5. The smallest absolute Gasteiger partial charge is 0.481 e. The molecule has 1 aromatic carbocycles. The zero-order valence-corrected chi connectivity index (χ0v) is 14.8. The number of alkyl halides is 6. The van der Waals surface area contributed by atoms with Crippen molar-refractivity contribution in [3.63, 3.8) is 0 Å². The number of carboxylic acids is 1. The van der Waals surface area contributed by atoms with Gasteiger partial charge < -0.3 is 9.29 Å². The molecule has 0 bridgehead atoms. The van der Waals surface area contributed by atoms with E-state index in [4.69, 9.17) is 5.11 Å². The molecule has 1 heterocycles. The second-order valence-corrected chi connectivity index (χ2v) is 7.32. The van der Waals surface area contributed by atoms with Crippen molar-refractivity contribution in [3.8, 4) is 0 Å².